The number of amides is 1. The highest BCUT2D eigenvalue weighted by Gasteiger charge is 2.01. The topological polar surface area (TPSA) is 29.1 Å². The van der Waals surface area contributed by atoms with Crippen molar-refractivity contribution in [2.24, 2.45) is 0 Å². The first-order valence-electron chi connectivity index (χ1n) is 4.38. The molecular formula is C10H12ClNOS. The van der Waals surface area contributed by atoms with Crippen LogP contribution < -0.4 is 5.32 Å². The molecule has 0 unspecified atom stereocenters. The fourth-order valence-electron chi connectivity index (χ4n) is 1.03. The summed E-state index contributed by atoms with van der Waals surface area (Å²) in [6.45, 7) is 0. The van der Waals surface area contributed by atoms with Crippen molar-refractivity contribution in [2.75, 3.05) is 11.1 Å². The van der Waals surface area contributed by atoms with Gasteiger partial charge in [-0.1, -0.05) is 17.7 Å². The van der Waals surface area contributed by atoms with Gasteiger partial charge in [0.25, 0.3) is 0 Å². The minimum absolute atomic E-state index is 0.00122. The summed E-state index contributed by atoms with van der Waals surface area (Å²) < 4.78 is 0. The van der Waals surface area contributed by atoms with Crippen molar-refractivity contribution < 1.29 is 4.79 Å². The minimum Gasteiger partial charge on any atom is -0.326 e. The van der Waals surface area contributed by atoms with E-state index in [9.17, 15) is 4.79 Å². The first-order chi connectivity index (χ1) is 6.72. The first-order valence-corrected chi connectivity index (χ1v) is 5.39. The third-order valence-corrected chi connectivity index (χ3v) is 2.22. The van der Waals surface area contributed by atoms with Crippen LogP contribution in [0, 0.1) is 0 Å². The largest absolute Gasteiger partial charge is 0.326 e. The lowest BCUT2D eigenvalue weighted by Gasteiger charge is -2.04. The Morgan fingerprint density at radius 3 is 2.93 bits per heavy atom. The number of carbonyl (C=O) groups excluding carboxylic acids is 1. The van der Waals surface area contributed by atoms with Crippen LogP contribution in [0.1, 0.15) is 12.8 Å². The Labute approximate surface area is 94.1 Å². The Balaban J connectivity index is 2.47. The summed E-state index contributed by atoms with van der Waals surface area (Å²) in [6.07, 6.45) is 1.28. The van der Waals surface area contributed by atoms with Crippen molar-refractivity contribution in [1.29, 1.82) is 0 Å². The fourth-order valence-corrected chi connectivity index (χ4v) is 1.38. The van der Waals surface area contributed by atoms with Crippen molar-refractivity contribution in [3.8, 4) is 0 Å². The van der Waals surface area contributed by atoms with Gasteiger partial charge in [0.1, 0.15) is 0 Å². The fraction of sp³-hybridized carbons (Fsp3) is 0.300. The number of halogens is 1. The highest BCUT2D eigenvalue weighted by molar-refractivity contribution is 7.80. The van der Waals surface area contributed by atoms with Crippen molar-refractivity contribution in [3.05, 3.63) is 29.3 Å². The zero-order chi connectivity index (χ0) is 10.4. The standard InChI is InChI=1S/C10H12ClNOS/c11-8-3-1-4-9(7-8)12-10(13)5-2-6-14/h1,3-4,7,14H,2,5-6H2,(H,12,13). The van der Waals surface area contributed by atoms with Crippen molar-refractivity contribution in [1.82, 2.24) is 0 Å². The summed E-state index contributed by atoms with van der Waals surface area (Å²) in [4.78, 5) is 11.3. The van der Waals surface area contributed by atoms with E-state index in [4.69, 9.17) is 11.6 Å². The number of hydrogen-bond acceptors (Lipinski definition) is 2. The molecule has 1 aromatic carbocycles. The Bertz CT molecular complexity index is 317. The number of hydrogen-bond donors (Lipinski definition) is 2. The molecular weight excluding hydrogens is 218 g/mol. The second-order valence-electron chi connectivity index (χ2n) is 2.89. The third kappa shape index (κ3) is 4.03. The monoisotopic (exact) mass is 229 g/mol. The maximum absolute atomic E-state index is 11.3. The van der Waals surface area contributed by atoms with Crippen LogP contribution in [0.2, 0.25) is 5.02 Å². The molecule has 0 aromatic heterocycles. The maximum Gasteiger partial charge on any atom is 0.224 e. The number of rotatable bonds is 4. The van der Waals surface area contributed by atoms with Crippen LogP contribution in [0.15, 0.2) is 24.3 Å². The predicted octanol–water partition coefficient (Wildman–Crippen LogP) is 2.99. The zero-order valence-electron chi connectivity index (χ0n) is 7.66. The van der Waals surface area contributed by atoms with Crippen LogP contribution >= 0.6 is 24.2 Å². The van der Waals surface area contributed by atoms with E-state index in [1.807, 2.05) is 6.07 Å². The molecule has 1 rings (SSSR count). The lowest BCUT2D eigenvalue weighted by atomic mass is 10.3. The van der Waals surface area contributed by atoms with Gasteiger partial charge in [-0.3, -0.25) is 4.79 Å². The zero-order valence-corrected chi connectivity index (χ0v) is 9.31. The number of thiol groups is 1. The second kappa shape index (κ2) is 5.94. The summed E-state index contributed by atoms with van der Waals surface area (Å²) in [5, 5.41) is 3.38. The summed E-state index contributed by atoms with van der Waals surface area (Å²) in [5.74, 6) is 0.726. The van der Waals surface area contributed by atoms with E-state index in [0.717, 1.165) is 17.9 Å². The first kappa shape index (κ1) is 11.4. The number of benzene rings is 1. The number of anilines is 1. The predicted molar refractivity (Wildman–Crippen MR) is 63.2 cm³/mol. The summed E-state index contributed by atoms with van der Waals surface area (Å²) >= 11 is 9.81. The van der Waals surface area contributed by atoms with Gasteiger partial charge in [-0.25, -0.2) is 0 Å². The molecule has 2 nitrogen and oxygen atoms in total. The van der Waals surface area contributed by atoms with Crippen LogP contribution in [-0.4, -0.2) is 11.7 Å². The van der Waals surface area contributed by atoms with Gasteiger partial charge in [-0.05, 0) is 30.4 Å². The maximum atomic E-state index is 11.3. The molecule has 0 heterocycles. The van der Waals surface area contributed by atoms with E-state index in [1.165, 1.54) is 0 Å². The van der Waals surface area contributed by atoms with Crippen LogP contribution in [0.25, 0.3) is 0 Å². The average molecular weight is 230 g/mol. The molecule has 4 heteroatoms. The van der Waals surface area contributed by atoms with E-state index < -0.39 is 0 Å². The molecule has 0 fully saturated rings. The Morgan fingerprint density at radius 1 is 1.50 bits per heavy atom. The molecule has 0 aliphatic heterocycles. The van der Waals surface area contributed by atoms with Crippen molar-refractivity contribution >= 4 is 35.8 Å². The lowest BCUT2D eigenvalue weighted by molar-refractivity contribution is -0.116. The summed E-state index contributed by atoms with van der Waals surface area (Å²) in [6, 6.07) is 7.10. The van der Waals surface area contributed by atoms with Crippen LogP contribution in [0.4, 0.5) is 5.69 Å². The third-order valence-electron chi connectivity index (χ3n) is 1.67. The Morgan fingerprint density at radius 2 is 2.29 bits per heavy atom. The molecule has 14 heavy (non-hydrogen) atoms. The highest BCUT2D eigenvalue weighted by atomic mass is 35.5. The quantitative estimate of drug-likeness (QED) is 0.764. The molecule has 0 saturated heterocycles. The summed E-state index contributed by atoms with van der Waals surface area (Å²) in [5.41, 5.74) is 0.738. The highest BCUT2D eigenvalue weighted by Crippen LogP contribution is 2.15. The van der Waals surface area contributed by atoms with Gasteiger partial charge in [-0.2, -0.15) is 12.6 Å². The van der Waals surface area contributed by atoms with E-state index in [-0.39, 0.29) is 5.91 Å². The average Bonchev–Trinajstić information content (AvgIpc) is 2.15. The normalized spacial score (nSPS) is 9.86. The molecule has 0 radical (unpaired) electrons. The van der Waals surface area contributed by atoms with Gasteiger partial charge >= 0.3 is 0 Å². The SMILES string of the molecule is O=C(CCCS)Nc1cccc(Cl)c1. The molecule has 0 saturated carbocycles. The van der Waals surface area contributed by atoms with Gasteiger partial charge in [0.05, 0.1) is 0 Å². The lowest BCUT2D eigenvalue weighted by Crippen LogP contribution is -2.11. The van der Waals surface area contributed by atoms with E-state index in [1.54, 1.807) is 18.2 Å². The van der Waals surface area contributed by atoms with Crippen LogP contribution in [0.5, 0.6) is 0 Å². The molecule has 0 atom stereocenters. The minimum atomic E-state index is 0.00122. The van der Waals surface area contributed by atoms with Gasteiger partial charge in [0.15, 0.2) is 0 Å². The molecule has 0 bridgehead atoms. The van der Waals surface area contributed by atoms with Crippen LogP contribution in [0.3, 0.4) is 0 Å². The van der Waals surface area contributed by atoms with Crippen molar-refractivity contribution in [2.45, 2.75) is 12.8 Å². The van der Waals surface area contributed by atoms with Gasteiger partial charge in [-0.15, -0.1) is 0 Å². The molecule has 1 amide bonds. The molecule has 1 aromatic rings. The van der Waals surface area contributed by atoms with E-state index in [0.29, 0.717) is 11.4 Å². The van der Waals surface area contributed by atoms with E-state index >= 15 is 0 Å². The molecule has 0 aliphatic rings. The van der Waals surface area contributed by atoms with E-state index in [2.05, 4.69) is 17.9 Å². The second-order valence-corrected chi connectivity index (χ2v) is 3.77. The Kier molecular flexibility index (Phi) is 4.84. The Hall–Kier alpha value is -0.670. The van der Waals surface area contributed by atoms with Gasteiger partial charge in [0, 0.05) is 17.1 Å². The molecule has 1 N–H and O–H groups in total. The number of nitrogens with one attached hydrogen (secondary N) is 1. The number of carbonyl (C=O) groups is 1. The van der Waals surface area contributed by atoms with Gasteiger partial charge in [0.2, 0.25) is 5.91 Å². The summed E-state index contributed by atoms with van der Waals surface area (Å²) in [7, 11) is 0. The smallest absolute Gasteiger partial charge is 0.224 e. The molecule has 76 valence electrons. The van der Waals surface area contributed by atoms with Gasteiger partial charge < -0.3 is 5.32 Å². The molecule has 0 aliphatic carbocycles. The van der Waals surface area contributed by atoms with Crippen molar-refractivity contribution in [3.63, 3.8) is 0 Å². The molecule has 0 spiro atoms. The van der Waals surface area contributed by atoms with Crippen LogP contribution in [-0.2, 0) is 4.79 Å².